The van der Waals surface area contributed by atoms with Gasteiger partial charge in [0, 0.05) is 30.2 Å². The summed E-state index contributed by atoms with van der Waals surface area (Å²) in [5.74, 6) is 0.843. The van der Waals surface area contributed by atoms with Crippen LogP contribution in [0.3, 0.4) is 0 Å². The highest BCUT2D eigenvalue weighted by molar-refractivity contribution is 7.15. The smallest absolute Gasteiger partial charge is 0.193 e. The molecule has 2 heterocycles. The summed E-state index contributed by atoms with van der Waals surface area (Å²) in [6, 6.07) is 0.611. The van der Waals surface area contributed by atoms with Crippen LogP contribution in [0.2, 0.25) is 0 Å². The third-order valence-electron chi connectivity index (χ3n) is 4.45. The molecule has 2 aromatic rings. The lowest BCUT2D eigenvalue weighted by Gasteiger charge is -2.30. The van der Waals surface area contributed by atoms with Crippen molar-refractivity contribution in [1.29, 1.82) is 0 Å². The topological polar surface area (TPSA) is 29.3 Å². The van der Waals surface area contributed by atoms with Crippen LogP contribution < -0.4 is 5.32 Å². The van der Waals surface area contributed by atoms with E-state index in [1.165, 1.54) is 44.2 Å². The van der Waals surface area contributed by atoms with Crippen molar-refractivity contribution in [1.82, 2.24) is 14.7 Å². The van der Waals surface area contributed by atoms with Gasteiger partial charge in [-0.3, -0.25) is 4.40 Å². The first-order chi connectivity index (χ1) is 9.86. The van der Waals surface area contributed by atoms with Crippen LogP contribution in [0.4, 0.5) is 0 Å². The Hall–Kier alpha value is -0.870. The number of nitrogens with one attached hydrogen (secondary N) is 1. The maximum absolute atomic E-state index is 4.76. The fraction of sp³-hybridized carbons (Fsp3) is 0.688. The molecule has 0 aliphatic heterocycles. The van der Waals surface area contributed by atoms with E-state index in [1.807, 2.05) is 0 Å². The van der Waals surface area contributed by atoms with E-state index < -0.39 is 0 Å². The standard InChI is InChI=1S/C16H25N3S/c1-2-8-17-15(13-6-4-3-5-7-13)11-14-12-19-9-10-20-16(19)18-14/h9-10,12-13,15,17H,2-8,11H2,1H3. The molecule has 0 spiro atoms. The van der Waals surface area contributed by atoms with Crippen molar-refractivity contribution in [2.75, 3.05) is 6.54 Å². The van der Waals surface area contributed by atoms with Crippen LogP contribution in [0, 0.1) is 5.92 Å². The predicted octanol–water partition coefficient (Wildman–Crippen LogP) is 3.89. The van der Waals surface area contributed by atoms with Crippen molar-refractivity contribution in [2.24, 2.45) is 5.92 Å². The van der Waals surface area contributed by atoms with Crippen molar-refractivity contribution < 1.29 is 0 Å². The van der Waals surface area contributed by atoms with Gasteiger partial charge in [0.05, 0.1) is 5.69 Å². The van der Waals surface area contributed by atoms with E-state index in [1.54, 1.807) is 11.3 Å². The second kappa shape index (κ2) is 6.72. The lowest BCUT2D eigenvalue weighted by Crippen LogP contribution is -2.39. The van der Waals surface area contributed by atoms with Crippen LogP contribution in [-0.2, 0) is 6.42 Å². The third kappa shape index (κ3) is 3.23. The van der Waals surface area contributed by atoms with Gasteiger partial charge in [0.25, 0.3) is 0 Å². The maximum atomic E-state index is 4.76. The second-order valence-electron chi connectivity index (χ2n) is 5.99. The number of rotatable bonds is 6. The Labute approximate surface area is 125 Å². The Morgan fingerprint density at radius 3 is 3.00 bits per heavy atom. The van der Waals surface area contributed by atoms with Gasteiger partial charge in [-0.2, -0.15) is 0 Å². The van der Waals surface area contributed by atoms with Gasteiger partial charge in [-0.1, -0.05) is 26.2 Å². The minimum Gasteiger partial charge on any atom is -0.313 e. The SMILES string of the molecule is CCCNC(Cc1cn2ccsc2n1)C1CCCCC1. The number of nitrogens with zero attached hydrogens (tertiary/aromatic N) is 2. The molecule has 3 rings (SSSR count). The number of fused-ring (bicyclic) bond motifs is 1. The van der Waals surface area contributed by atoms with Crippen LogP contribution in [0.25, 0.3) is 4.96 Å². The summed E-state index contributed by atoms with van der Waals surface area (Å²) < 4.78 is 2.15. The molecule has 0 saturated heterocycles. The van der Waals surface area contributed by atoms with Crippen LogP contribution in [0.5, 0.6) is 0 Å². The van der Waals surface area contributed by atoms with Gasteiger partial charge < -0.3 is 5.32 Å². The molecule has 1 aliphatic rings. The highest BCUT2D eigenvalue weighted by atomic mass is 32.1. The zero-order chi connectivity index (χ0) is 13.8. The summed E-state index contributed by atoms with van der Waals surface area (Å²) in [7, 11) is 0. The summed E-state index contributed by atoms with van der Waals surface area (Å²) in [6.07, 6.45) is 13.6. The van der Waals surface area contributed by atoms with Crippen LogP contribution in [-0.4, -0.2) is 22.0 Å². The molecule has 4 heteroatoms. The van der Waals surface area contributed by atoms with Crippen molar-refractivity contribution >= 4 is 16.3 Å². The molecule has 1 atom stereocenters. The number of imidazole rings is 1. The van der Waals surface area contributed by atoms with Gasteiger partial charge in [0.1, 0.15) is 0 Å². The van der Waals surface area contributed by atoms with E-state index in [0.717, 1.165) is 23.8 Å². The van der Waals surface area contributed by atoms with E-state index in [9.17, 15) is 0 Å². The zero-order valence-electron chi connectivity index (χ0n) is 12.3. The number of thiazole rings is 1. The molecule has 0 bridgehead atoms. The van der Waals surface area contributed by atoms with E-state index in [-0.39, 0.29) is 0 Å². The van der Waals surface area contributed by atoms with E-state index >= 15 is 0 Å². The summed E-state index contributed by atoms with van der Waals surface area (Å²) in [5, 5.41) is 5.88. The molecule has 1 unspecified atom stereocenters. The van der Waals surface area contributed by atoms with Crippen molar-refractivity contribution in [2.45, 2.75) is 57.9 Å². The fourth-order valence-corrected chi connectivity index (χ4v) is 4.09. The lowest BCUT2D eigenvalue weighted by atomic mass is 9.82. The fourth-order valence-electron chi connectivity index (χ4n) is 3.37. The average molecular weight is 291 g/mol. The lowest BCUT2D eigenvalue weighted by molar-refractivity contribution is 0.266. The first-order valence-corrected chi connectivity index (χ1v) is 8.89. The molecule has 3 nitrogen and oxygen atoms in total. The first kappa shape index (κ1) is 14.1. The molecular formula is C16H25N3S. The average Bonchev–Trinajstić information content (AvgIpc) is 3.05. The van der Waals surface area contributed by atoms with E-state index in [0.29, 0.717) is 6.04 Å². The molecular weight excluding hydrogens is 266 g/mol. The minimum atomic E-state index is 0.611. The molecule has 1 saturated carbocycles. The molecule has 0 amide bonds. The van der Waals surface area contributed by atoms with Crippen molar-refractivity contribution in [3.63, 3.8) is 0 Å². The summed E-state index contributed by atoms with van der Waals surface area (Å²) in [6.45, 7) is 3.38. The number of hydrogen-bond donors (Lipinski definition) is 1. The highest BCUT2D eigenvalue weighted by Gasteiger charge is 2.24. The Balaban J connectivity index is 1.69. The van der Waals surface area contributed by atoms with E-state index in [4.69, 9.17) is 4.98 Å². The molecule has 2 aromatic heterocycles. The number of aromatic nitrogens is 2. The van der Waals surface area contributed by atoms with Gasteiger partial charge in [-0.25, -0.2) is 4.98 Å². The monoisotopic (exact) mass is 291 g/mol. The first-order valence-electron chi connectivity index (χ1n) is 8.01. The molecule has 1 N–H and O–H groups in total. The van der Waals surface area contributed by atoms with Gasteiger partial charge in [-0.05, 0) is 31.7 Å². The van der Waals surface area contributed by atoms with Gasteiger partial charge in [-0.15, -0.1) is 11.3 Å². The third-order valence-corrected chi connectivity index (χ3v) is 5.22. The predicted molar refractivity (Wildman–Crippen MR) is 85.4 cm³/mol. The summed E-state index contributed by atoms with van der Waals surface area (Å²) in [5.41, 5.74) is 1.25. The van der Waals surface area contributed by atoms with Crippen molar-refractivity contribution in [3.8, 4) is 0 Å². The van der Waals surface area contributed by atoms with Crippen LogP contribution in [0.1, 0.15) is 51.1 Å². The highest BCUT2D eigenvalue weighted by Crippen LogP contribution is 2.28. The summed E-state index contributed by atoms with van der Waals surface area (Å²) >= 11 is 1.72. The largest absolute Gasteiger partial charge is 0.313 e. The molecule has 110 valence electrons. The van der Waals surface area contributed by atoms with Gasteiger partial charge >= 0.3 is 0 Å². The quantitative estimate of drug-likeness (QED) is 0.875. The molecule has 1 aliphatic carbocycles. The Kier molecular flexibility index (Phi) is 4.73. The Bertz CT molecular complexity index is 496. The van der Waals surface area contributed by atoms with Gasteiger partial charge in [0.15, 0.2) is 4.96 Å². The van der Waals surface area contributed by atoms with Crippen LogP contribution >= 0.6 is 11.3 Å². The normalized spacial score (nSPS) is 18.6. The van der Waals surface area contributed by atoms with E-state index in [2.05, 4.69) is 34.4 Å². The second-order valence-corrected chi connectivity index (χ2v) is 6.86. The van der Waals surface area contributed by atoms with Gasteiger partial charge in [0.2, 0.25) is 0 Å². The minimum absolute atomic E-state index is 0.611. The molecule has 1 fully saturated rings. The zero-order valence-corrected chi connectivity index (χ0v) is 13.2. The van der Waals surface area contributed by atoms with Crippen molar-refractivity contribution in [3.05, 3.63) is 23.5 Å². The Morgan fingerprint density at radius 2 is 2.25 bits per heavy atom. The molecule has 0 radical (unpaired) electrons. The number of hydrogen-bond acceptors (Lipinski definition) is 3. The molecule has 0 aromatic carbocycles. The molecule has 20 heavy (non-hydrogen) atoms. The van der Waals surface area contributed by atoms with Crippen LogP contribution in [0.15, 0.2) is 17.8 Å². The summed E-state index contributed by atoms with van der Waals surface area (Å²) in [4.78, 5) is 5.88. The Morgan fingerprint density at radius 1 is 1.40 bits per heavy atom. The maximum Gasteiger partial charge on any atom is 0.193 e.